The molecule has 1 aliphatic carbocycles. The average Bonchev–Trinajstić information content (AvgIpc) is 3.28. The molecule has 0 bridgehead atoms. The first kappa shape index (κ1) is 17.3. The van der Waals surface area contributed by atoms with Crippen LogP contribution in [0.2, 0.25) is 0 Å². The highest BCUT2D eigenvalue weighted by molar-refractivity contribution is 5.97. The number of benzene rings is 1. The quantitative estimate of drug-likeness (QED) is 0.849. The molecule has 1 saturated heterocycles. The molecule has 1 aromatic carbocycles. The first-order chi connectivity index (χ1) is 12.7. The Kier molecular flexibility index (Phi) is 5.08. The van der Waals surface area contributed by atoms with E-state index < -0.39 is 0 Å². The van der Waals surface area contributed by atoms with Crippen LogP contribution in [-0.2, 0) is 4.74 Å². The summed E-state index contributed by atoms with van der Waals surface area (Å²) in [5.41, 5.74) is 2.14. The second kappa shape index (κ2) is 7.63. The summed E-state index contributed by atoms with van der Waals surface area (Å²) in [6.45, 7) is 4.78. The number of amides is 1. The van der Waals surface area contributed by atoms with E-state index in [2.05, 4.69) is 15.2 Å². The molecule has 2 heterocycles. The number of imidazole rings is 1. The highest BCUT2D eigenvalue weighted by atomic mass is 16.5. The second-order valence-corrected chi connectivity index (χ2v) is 7.18. The van der Waals surface area contributed by atoms with Crippen molar-refractivity contribution in [3.63, 3.8) is 0 Å². The number of morpholine rings is 1. The van der Waals surface area contributed by atoms with Crippen LogP contribution in [0.15, 0.2) is 23.0 Å². The number of carbonyl (C=O) groups is 1. The summed E-state index contributed by atoms with van der Waals surface area (Å²) >= 11 is 0. The van der Waals surface area contributed by atoms with Gasteiger partial charge in [-0.25, -0.2) is 4.79 Å². The van der Waals surface area contributed by atoms with Gasteiger partial charge >= 0.3 is 5.69 Å². The molecule has 1 aromatic heterocycles. The van der Waals surface area contributed by atoms with Gasteiger partial charge in [0, 0.05) is 37.8 Å². The summed E-state index contributed by atoms with van der Waals surface area (Å²) in [6.07, 6.45) is 4.45. The van der Waals surface area contributed by atoms with E-state index in [1.165, 1.54) is 12.8 Å². The average molecular weight is 358 g/mol. The normalized spacial score (nSPS) is 19.2. The zero-order valence-electron chi connectivity index (χ0n) is 15.0. The van der Waals surface area contributed by atoms with E-state index in [0.29, 0.717) is 12.1 Å². The summed E-state index contributed by atoms with van der Waals surface area (Å²) in [6, 6.07) is 5.77. The molecule has 1 saturated carbocycles. The predicted molar refractivity (Wildman–Crippen MR) is 99.7 cm³/mol. The van der Waals surface area contributed by atoms with E-state index in [4.69, 9.17) is 4.74 Å². The molecule has 2 fully saturated rings. The maximum atomic E-state index is 12.4. The molecule has 7 heteroatoms. The van der Waals surface area contributed by atoms with Crippen molar-refractivity contribution in [2.45, 2.75) is 31.7 Å². The van der Waals surface area contributed by atoms with Gasteiger partial charge in [0.2, 0.25) is 0 Å². The molecule has 2 N–H and O–H groups in total. The summed E-state index contributed by atoms with van der Waals surface area (Å²) in [7, 11) is 0. The van der Waals surface area contributed by atoms with E-state index in [1.54, 1.807) is 6.07 Å². The largest absolute Gasteiger partial charge is 0.379 e. The fraction of sp³-hybridized carbons (Fsp3) is 0.579. The molecule has 2 aliphatic rings. The molecule has 0 atom stereocenters. The molecule has 1 aliphatic heterocycles. The third kappa shape index (κ3) is 3.54. The number of fused-ring (bicyclic) bond motifs is 1. The van der Waals surface area contributed by atoms with Crippen LogP contribution in [0.25, 0.3) is 11.0 Å². The summed E-state index contributed by atoms with van der Waals surface area (Å²) in [4.78, 5) is 30.0. The lowest BCUT2D eigenvalue weighted by Gasteiger charge is -2.26. The van der Waals surface area contributed by atoms with Gasteiger partial charge in [0.25, 0.3) is 5.91 Å². The fourth-order valence-electron chi connectivity index (χ4n) is 4.05. The summed E-state index contributed by atoms with van der Waals surface area (Å²) < 4.78 is 7.19. The molecule has 140 valence electrons. The van der Waals surface area contributed by atoms with Crippen LogP contribution >= 0.6 is 0 Å². The Balaban J connectivity index is 1.43. The van der Waals surface area contributed by atoms with E-state index >= 15 is 0 Å². The van der Waals surface area contributed by atoms with Crippen LogP contribution < -0.4 is 11.0 Å². The van der Waals surface area contributed by atoms with Crippen molar-refractivity contribution in [2.75, 3.05) is 39.4 Å². The van der Waals surface area contributed by atoms with Crippen LogP contribution in [-0.4, -0.2) is 59.8 Å². The lowest BCUT2D eigenvalue weighted by atomic mass is 10.1. The minimum Gasteiger partial charge on any atom is -0.379 e. The Morgan fingerprint density at radius 2 is 2.00 bits per heavy atom. The van der Waals surface area contributed by atoms with Crippen molar-refractivity contribution in [1.82, 2.24) is 19.8 Å². The molecule has 1 amide bonds. The number of aromatic nitrogens is 2. The van der Waals surface area contributed by atoms with Crippen LogP contribution in [0.5, 0.6) is 0 Å². The predicted octanol–water partition coefficient (Wildman–Crippen LogP) is 1.51. The van der Waals surface area contributed by atoms with Gasteiger partial charge in [-0.2, -0.15) is 0 Å². The summed E-state index contributed by atoms with van der Waals surface area (Å²) in [5, 5.41) is 2.97. The third-order valence-corrected chi connectivity index (χ3v) is 5.49. The number of hydrogen-bond donors (Lipinski definition) is 2. The number of hydrogen-bond acceptors (Lipinski definition) is 4. The van der Waals surface area contributed by atoms with Gasteiger partial charge in [0.05, 0.1) is 24.2 Å². The second-order valence-electron chi connectivity index (χ2n) is 7.18. The van der Waals surface area contributed by atoms with Crippen molar-refractivity contribution in [2.24, 2.45) is 0 Å². The van der Waals surface area contributed by atoms with Gasteiger partial charge in [0.15, 0.2) is 0 Å². The van der Waals surface area contributed by atoms with Gasteiger partial charge in [-0.1, -0.05) is 12.8 Å². The van der Waals surface area contributed by atoms with E-state index in [-0.39, 0.29) is 17.6 Å². The number of ether oxygens (including phenoxy) is 1. The van der Waals surface area contributed by atoms with Gasteiger partial charge < -0.3 is 15.0 Å². The Morgan fingerprint density at radius 1 is 1.23 bits per heavy atom. The van der Waals surface area contributed by atoms with Gasteiger partial charge in [-0.15, -0.1) is 0 Å². The number of H-pyrrole nitrogens is 1. The van der Waals surface area contributed by atoms with Gasteiger partial charge in [-0.05, 0) is 31.0 Å². The van der Waals surface area contributed by atoms with E-state index in [9.17, 15) is 9.59 Å². The third-order valence-electron chi connectivity index (χ3n) is 5.49. The standard InChI is InChI=1S/C19H26N4O3/c24-18(20-7-8-22-9-11-26-12-10-22)14-5-6-17-16(13-14)21-19(25)23(17)15-3-1-2-4-15/h5-6,13,15H,1-4,7-12H2,(H,20,24)(H,21,25). The van der Waals surface area contributed by atoms with Crippen molar-refractivity contribution in [3.8, 4) is 0 Å². The Labute approximate surface area is 152 Å². The first-order valence-electron chi connectivity index (χ1n) is 9.55. The number of carbonyl (C=O) groups excluding carboxylic acids is 1. The van der Waals surface area contributed by atoms with Crippen molar-refractivity contribution in [1.29, 1.82) is 0 Å². The topological polar surface area (TPSA) is 79.4 Å². The van der Waals surface area contributed by atoms with Crippen LogP contribution in [0.4, 0.5) is 0 Å². The van der Waals surface area contributed by atoms with Crippen LogP contribution in [0.1, 0.15) is 42.1 Å². The Bertz CT molecular complexity index is 829. The lowest BCUT2D eigenvalue weighted by Crippen LogP contribution is -2.41. The number of nitrogens with one attached hydrogen (secondary N) is 2. The maximum absolute atomic E-state index is 12.4. The highest BCUT2D eigenvalue weighted by Crippen LogP contribution is 2.30. The van der Waals surface area contributed by atoms with E-state index in [1.807, 2.05) is 16.7 Å². The SMILES string of the molecule is O=C(NCCN1CCOCC1)c1ccc2c(c1)[nH]c(=O)n2C1CCCC1. The maximum Gasteiger partial charge on any atom is 0.326 e. The molecular formula is C19H26N4O3. The van der Waals surface area contributed by atoms with Crippen molar-refractivity contribution < 1.29 is 9.53 Å². The highest BCUT2D eigenvalue weighted by Gasteiger charge is 2.21. The smallest absolute Gasteiger partial charge is 0.326 e. The van der Waals surface area contributed by atoms with Gasteiger partial charge in [0.1, 0.15) is 0 Å². The Morgan fingerprint density at radius 3 is 2.77 bits per heavy atom. The minimum absolute atomic E-state index is 0.0724. The molecule has 0 radical (unpaired) electrons. The first-order valence-corrected chi connectivity index (χ1v) is 9.55. The van der Waals surface area contributed by atoms with Crippen LogP contribution in [0.3, 0.4) is 0 Å². The summed E-state index contributed by atoms with van der Waals surface area (Å²) in [5.74, 6) is -0.102. The molecule has 2 aromatic rings. The molecule has 4 rings (SSSR count). The number of rotatable bonds is 5. The molecule has 0 unspecified atom stereocenters. The monoisotopic (exact) mass is 358 g/mol. The van der Waals surface area contributed by atoms with Crippen LogP contribution in [0, 0.1) is 0 Å². The molecule has 0 spiro atoms. The minimum atomic E-state index is -0.102. The fourth-order valence-corrected chi connectivity index (χ4v) is 4.05. The van der Waals surface area contributed by atoms with Crippen molar-refractivity contribution >= 4 is 16.9 Å². The zero-order valence-corrected chi connectivity index (χ0v) is 15.0. The number of nitrogens with zero attached hydrogens (tertiary/aromatic N) is 2. The number of aromatic amines is 1. The lowest BCUT2D eigenvalue weighted by molar-refractivity contribution is 0.0383. The molecular weight excluding hydrogens is 332 g/mol. The van der Waals surface area contributed by atoms with E-state index in [0.717, 1.165) is 56.7 Å². The van der Waals surface area contributed by atoms with Crippen molar-refractivity contribution in [3.05, 3.63) is 34.2 Å². The molecule has 26 heavy (non-hydrogen) atoms. The zero-order chi connectivity index (χ0) is 17.9. The Hall–Kier alpha value is -2.12. The van der Waals surface area contributed by atoms with Gasteiger partial charge in [-0.3, -0.25) is 14.3 Å². The molecule has 7 nitrogen and oxygen atoms in total.